The highest BCUT2D eigenvalue weighted by Gasteiger charge is 2.11. The van der Waals surface area contributed by atoms with Crippen LogP contribution in [-0.2, 0) is 11.3 Å². The predicted molar refractivity (Wildman–Crippen MR) is 91.0 cm³/mol. The first kappa shape index (κ1) is 18.1. The average molecular weight is 353 g/mol. The molecule has 0 aliphatic carbocycles. The molecule has 1 aromatic heterocycles. The Labute approximate surface area is 146 Å². The first-order valence-corrected chi connectivity index (χ1v) is 8.03. The van der Waals surface area contributed by atoms with Crippen molar-refractivity contribution in [2.24, 2.45) is 5.92 Å². The summed E-state index contributed by atoms with van der Waals surface area (Å²) >= 11 is 6.10. The second-order valence-electron chi connectivity index (χ2n) is 5.92. The molecule has 1 heterocycles. The van der Waals surface area contributed by atoms with E-state index in [1.807, 2.05) is 19.1 Å². The van der Waals surface area contributed by atoms with Gasteiger partial charge >= 0.3 is 5.97 Å². The van der Waals surface area contributed by atoms with E-state index in [2.05, 4.69) is 18.9 Å². The molecule has 0 saturated heterocycles. The Morgan fingerprint density at radius 2 is 2.08 bits per heavy atom. The Balaban J connectivity index is 2.17. The molecular weight excluding hydrogens is 332 g/mol. The molecule has 130 valence electrons. The summed E-state index contributed by atoms with van der Waals surface area (Å²) in [6, 6.07) is 7.18. The lowest BCUT2D eigenvalue weighted by molar-refractivity contribution is -0.139. The third-order valence-electron chi connectivity index (χ3n) is 3.22. The number of rotatable bonds is 8. The van der Waals surface area contributed by atoms with Crippen LogP contribution in [0.2, 0.25) is 5.02 Å². The molecule has 0 saturated carbocycles. The van der Waals surface area contributed by atoms with Crippen molar-refractivity contribution in [2.45, 2.75) is 27.3 Å². The summed E-state index contributed by atoms with van der Waals surface area (Å²) in [4.78, 5) is 10.6. The largest absolute Gasteiger partial charge is 0.493 e. The summed E-state index contributed by atoms with van der Waals surface area (Å²) in [7, 11) is 0. The summed E-state index contributed by atoms with van der Waals surface area (Å²) in [6.07, 6.45) is 0. The van der Waals surface area contributed by atoms with Crippen molar-refractivity contribution in [1.29, 1.82) is 0 Å². The Hall–Kier alpha value is -2.21. The molecule has 2 aromatic rings. The number of halogens is 1. The number of aromatic nitrogens is 2. The summed E-state index contributed by atoms with van der Waals surface area (Å²) in [5.74, 6) is 0.412. The topological polar surface area (TPSA) is 73.6 Å². The quantitative estimate of drug-likeness (QED) is 0.788. The lowest BCUT2D eigenvalue weighted by atomic mass is 10.2. The van der Waals surface area contributed by atoms with E-state index in [-0.39, 0.29) is 5.88 Å². The fourth-order valence-electron chi connectivity index (χ4n) is 2.08. The second kappa shape index (κ2) is 8.06. The SMILES string of the molecule is Cc1cc(OCC(=O)O)nn1Cc1cc(Cl)ccc1OCC(C)C. The van der Waals surface area contributed by atoms with Gasteiger partial charge in [0, 0.05) is 22.3 Å². The van der Waals surface area contributed by atoms with Gasteiger partial charge in [-0.2, -0.15) is 0 Å². The van der Waals surface area contributed by atoms with Crippen LogP contribution in [0.5, 0.6) is 11.6 Å². The average Bonchev–Trinajstić information content (AvgIpc) is 2.84. The minimum absolute atomic E-state index is 0.279. The number of carboxylic acids is 1. The van der Waals surface area contributed by atoms with E-state index in [9.17, 15) is 4.79 Å². The molecule has 0 radical (unpaired) electrons. The van der Waals surface area contributed by atoms with Crippen molar-refractivity contribution in [1.82, 2.24) is 9.78 Å². The highest BCUT2D eigenvalue weighted by Crippen LogP contribution is 2.25. The Morgan fingerprint density at radius 1 is 1.33 bits per heavy atom. The Kier molecular flexibility index (Phi) is 6.09. The van der Waals surface area contributed by atoms with Crippen molar-refractivity contribution in [3.8, 4) is 11.6 Å². The second-order valence-corrected chi connectivity index (χ2v) is 6.36. The monoisotopic (exact) mass is 352 g/mol. The van der Waals surface area contributed by atoms with Crippen LogP contribution in [0, 0.1) is 12.8 Å². The van der Waals surface area contributed by atoms with Crippen LogP contribution in [0.3, 0.4) is 0 Å². The van der Waals surface area contributed by atoms with Gasteiger partial charge in [-0.05, 0) is 31.0 Å². The third-order valence-corrected chi connectivity index (χ3v) is 3.45. The highest BCUT2D eigenvalue weighted by atomic mass is 35.5. The Bertz CT molecular complexity index is 713. The van der Waals surface area contributed by atoms with E-state index in [0.717, 1.165) is 17.0 Å². The summed E-state index contributed by atoms with van der Waals surface area (Å²) in [5, 5.41) is 13.6. The molecular formula is C17H21ClN2O4. The fourth-order valence-corrected chi connectivity index (χ4v) is 2.27. The molecule has 1 N–H and O–H groups in total. The van der Waals surface area contributed by atoms with Gasteiger partial charge in [0.15, 0.2) is 6.61 Å². The molecule has 0 atom stereocenters. The number of carboxylic acid groups (broad SMARTS) is 1. The molecule has 1 aromatic carbocycles. The van der Waals surface area contributed by atoms with Crippen LogP contribution in [0.1, 0.15) is 25.1 Å². The summed E-state index contributed by atoms with van der Waals surface area (Å²) in [5.41, 5.74) is 1.75. The van der Waals surface area contributed by atoms with E-state index >= 15 is 0 Å². The van der Waals surface area contributed by atoms with Gasteiger partial charge in [0.25, 0.3) is 0 Å². The van der Waals surface area contributed by atoms with E-state index < -0.39 is 12.6 Å². The van der Waals surface area contributed by atoms with Gasteiger partial charge in [-0.3, -0.25) is 4.68 Å². The summed E-state index contributed by atoms with van der Waals surface area (Å²) < 4.78 is 12.7. The van der Waals surface area contributed by atoms with Gasteiger partial charge < -0.3 is 14.6 Å². The van der Waals surface area contributed by atoms with E-state index in [4.69, 9.17) is 26.2 Å². The molecule has 24 heavy (non-hydrogen) atoms. The minimum atomic E-state index is -1.04. The van der Waals surface area contributed by atoms with Gasteiger partial charge in [-0.1, -0.05) is 25.4 Å². The van der Waals surface area contributed by atoms with Crippen molar-refractivity contribution in [2.75, 3.05) is 13.2 Å². The lowest BCUT2D eigenvalue weighted by Gasteiger charge is -2.14. The summed E-state index contributed by atoms with van der Waals surface area (Å²) in [6.45, 7) is 6.69. The zero-order chi connectivity index (χ0) is 17.7. The van der Waals surface area contributed by atoms with Crippen LogP contribution >= 0.6 is 11.6 Å². The van der Waals surface area contributed by atoms with E-state index in [1.54, 1.807) is 16.8 Å². The van der Waals surface area contributed by atoms with Crippen LogP contribution in [0.15, 0.2) is 24.3 Å². The molecule has 0 aliphatic rings. The number of hydrogen-bond donors (Lipinski definition) is 1. The first-order chi connectivity index (χ1) is 11.3. The standard InChI is InChI=1S/C17H21ClN2O4/c1-11(2)9-23-15-5-4-14(18)7-13(15)8-20-12(3)6-16(19-20)24-10-17(21)22/h4-7,11H,8-10H2,1-3H3,(H,21,22). The van der Waals surface area contributed by atoms with Crippen LogP contribution in [-0.4, -0.2) is 34.1 Å². The van der Waals surface area contributed by atoms with Crippen molar-refractivity contribution >= 4 is 17.6 Å². The lowest BCUT2D eigenvalue weighted by Crippen LogP contribution is -2.11. The molecule has 7 heteroatoms. The fraction of sp³-hybridized carbons (Fsp3) is 0.412. The maximum Gasteiger partial charge on any atom is 0.341 e. The van der Waals surface area contributed by atoms with Gasteiger partial charge in [0.1, 0.15) is 5.75 Å². The van der Waals surface area contributed by atoms with Gasteiger partial charge in [0.05, 0.1) is 13.2 Å². The van der Waals surface area contributed by atoms with Gasteiger partial charge in [0.2, 0.25) is 5.88 Å². The van der Waals surface area contributed by atoms with Crippen LogP contribution < -0.4 is 9.47 Å². The smallest absolute Gasteiger partial charge is 0.341 e. The van der Waals surface area contributed by atoms with Crippen LogP contribution in [0.4, 0.5) is 0 Å². The number of carbonyl (C=O) groups is 1. The number of benzene rings is 1. The molecule has 0 fully saturated rings. The van der Waals surface area contributed by atoms with Crippen LogP contribution in [0.25, 0.3) is 0 Å². The van der Waals surface area contributed by atoms with Gasteiger partial charge in [-0.25, -0.2) is 4.79 Å². The van der Waals surface area contributed by atoms with Crippen molar-refractivity contribution in [3.63, 3.8) is 0 Å². The predicted octanol–water partition coefficient (Wildman–Crippen LogP) is 3.39. The zero-order valence-corrected chi connectivity index (χ0v) is 14.7. The molecule has 0 amide bonds. The van der Waals surface area contributed by atoms with E-state index in [0.29, 0.717) is 24.1 Å². The first-order valence-electron chi connectivity index (χ1n) is 7.65. The normalized spacial score (nSPS) is 10.9. The highest BCUT2D eigenvalue weighted by molar-refractivity contribution is 6.30. The number of aryl methyl sites for hydroxylation is 1. The third kappa shape index (κ3) is 5.16. The maximum absolute atomic E-state index is 10.6. The van der Waals surface area contributed by atoms with Crippen molar-refractivity contribution < 1.29 is 19.4 Å². The molecule has 0 bridgehead atoms. The van der Waals surface area contributed by atoms with E-state index in [1.165, 1.54) is 0 Å². The number of hydrogen-bond acceptors (Lipinski definition) is 4. The molecule has 2 rings (SSSR count). The number of nitrogens with zero attached hydrogens (tertiary/aromatic N) is 2. The maximum atomic E-state index is 10.6. The molecule has 0 spiro atoms. The molecule has 6 nitrogen and oxygen atoms in total. The zero-order valence-electron chi connectivity index (χ0n) is 14.0. The molecule has 0 unspecified atom stereocenters. The molecule has 0 aliphatic heterocycles. The Morgan fingerprint density at radius 3 is 2.75 bits per heavy atom. The number of ether oxygens (including phenoxy) is 2. The number of aliphatic carboxylic acids is 1. The van der Waals surface area contributed by atoms with Gasteiger partial charge in [-0.15, -0.1) is 5.10 Å². The minimum Gasteiger partial charge on any atom is -0.493 e. The van der Waals surface area contributed by atoms with Crippen molar-refractivity contribution in [3.05, 3.63) is 40.5 Å².